The maximum Gasteiger partial charge on any atom is 0.242 e. The minimum Gasteiger partial charge on any atom is -0.396 e. The molecule has 0 spiro atoms. The molecule has 0 saturated carbocycles. The van der Waals surface area contributed by atoms with Gasteiger partial charge in [-0.15, -0.1) is 0 Å². The molecular weight excluding hydrogens is 262 g/mol. The SMILES string of the molecule is CN(CC(C)(C)C)S(=O)(=O)c1ccc(CCO)cc1. The van der Waals surface area contributed by atoms with Crippen LogP contribution in [0.5, 0.6) is 0 Å². The second-order valence-electron chi connectivity index (χ2n) is 5.94. The van der Waals surface area contributed by atoms with Crippen molar-refractivity contribution in [2.24, 2.45) is 5.41 Å². The lowest BCUT2D eigenvalue weighted by Gasteiger charge is -2.26. The van der Waals surface area contributed by atoms with E-state index in [-0.39, 0.29) is 12.0 Å². The van der Waals surface area contributed by atoms with Crippen LogP contribution in [0.25, 0.3) is 0 Å². The number of hydrogen-bond acceptors (Lipinski definition) is 3. The molecule has 1 rings (SSSR count). The Labute approximate surface area is 116 Å². The molecule has 0 aromatic heterocycles. The number of aliphatic hydroxyl groups excluding tert-OH is 1. The zero-order valence-corrected chi connectivity index (χ0v) is 12.9. The van der Waals surface area contributed by atoms with Gasteiger partial charge in [0.25, 0.3) is 0 Å². The lowest BCUT2D eigenvalue weighted by molar-refractivity contribution is 0.299. The molecule has 0 radical (unpaired) electrons. The van der Waals surface area contributed by atoms with Gasteiger partial charge in [0.05, 0.1) is 4.90 Å². The van der Waals surface area contributed by atoms with E-state index >= 15 is 0 Å². The molecule has 0 aliphatic carbocycles. The highest BCUT2D eigenvalue weighted by Gasteiger charge is 2.25. The fourth-order valence-corrected chi connectivity index (χ4v) is 3.29. The highest BCUT2D eigenvalue weighted by atomic mass is 32.2. The van der Waals surface area contributed by atoms with Crippen LogP contribution in [-0.4, -0.2) is 38.0 Å². The predicted octanol–water partition coefficient (Wildman–Crippen LogP) is 1.89. The van der Waals surface area contributed by atoms with E-state index in [0.717, 1.165) is 5.56 Å². The average molecular weight is 285 g/mol. The molecule has 1 N–H and O–H groups in total. The van der Waals surface area contributed by atoms with Gasteiger partial charge in [-0.3, -0.25) is 0 Å². The Hall–Kier alpha value is -0.910. The summed E-state index contributed by atoms with van der Waals surface area (Å²) in [6, 6.07) is 6.68. The average Bonchev–Trinajstić information content (AvgIpc) is 2.28. The zero-order valence-electron chi connectivity index (χ0n) is 12.0. The van der Waals surface area contributed by atoms with Gasteiger partial charge in [-0.25, -0.2) is 12.7 Å². The molecule has 0 aliphatic rings. The van der Waals surface area contributed by atoms with Crippen molar-refractivity contribution in [1.29, 1.82) is 0 Å². The molecule has 0 fully saturated rings. The maximum atomic E-state index is 12.4. The summed E-state index contributed by atoms with van der Waals surface area (Å²) in [5, 5.41) is 8.84. The van der Waals surface area contributed by atoms with Crippen LogP contribution in [0.15, 0.2) is 29.2 Å². The van der Waals surface area contributed by atoms with Crippen molar-refractivity contribution in [3.8, 4) is 0 Å². The summed E-state index contributed by atoms with van der Waals surface area (Å²) in [7, 11) is -1.83. The van der Waals surface area contributed by atoms with Crippen LogP contribution in [0, 0.1) is 5.41 Å². The van der Waals surface area contributed by atoms with E-state index in [4.69, 9.17) is 5.11 Å². The minimum atomic E-state index is -3.43. The lowest BCUT2D eigenvalue weighted by Crippen LogP contribution is -2.34. The van der Waals surface area contributed by atoms with Crippen LogP contribution < -0.4 is 0 Å². The second-order valence-corrected chi connectivity index (χ2v) is 7.98. The molecule has 0 unspecified atom stereocenters. The number of benzene rings is 1. The molecule has 0 amide bonds. The van der Waals surface area contributed by atoms with Crippen molar-refractivity contribution in [3.63, 3.8) is 0 Å². The standard InChI is InChI=1S/C14H23NO3S/c1-14(2,3)11-15(4)19(17,18)13-7-5-12(6-8-13)9-10-16/h5-8,16H,9-11H2,1-4H3. The fourth-order valence-electron chi connectivity index (χ4n) is 1.89. The van der Waals surface area contributed by atoms with Gasteiger partial charge in [0, 0.05) is 20.2 Å². The molecule has 19 heavy (non-hydrogen) atoms. The van der Waals surface area contributed by atoms with Gasteiger partial charge in [0.15, 0.2) is 0 Å². The number of nitrogens with zero attached hydrogens (tertiary/aromatic N) is 1. The first-order valence-corrected chi connectivity index (χ1v) is 7.77. The molecular formula is C14H23NO3S. The van der Waals surface area contributed by atoms with E-state index in [1.165, 1.54) is 4.31 Å². The maximum absolute atomic E-state index is 12.4. The van der Waals surface area contributed by atoms with E-state index in [1.54, 1.807) is 31.3 Å². The van der Waals surface area contributed by atoms with Crippen LogP contribution in [0.4, 0.5) is 0 Å². The Bertz CT molecular complexity index is 500. The summed E-state index contributed by atoms with van der Waals surface area (Å²) in [6.45, 7) is 6.54. The van der Waals surface area contributed by atoms with Gasteiger partial charge in [-0.2, -0.15) is 0 Å². The van der Waals surface area contributed by atoms with Crippen molar-refractivity contribution < 1.29 is 13.5 Å². The van der Waals surface area contributed by atoms with Crippen LogP contribution in [0.1, 0.15) is 26.3 Å². The van der Waals surface area contributed by atoms with E-state index < -0.39 is 10.0 Å². The lowest BCUT2D eigenvalue weighted by atomic mass is 9.97. The topological polar surface area (TPSA) is 57.6 Å². The van der Waals surface area contributed by atoms with Gasteiger partial charge in [-0.1, -0.05) is 32.9 Å². The van der Waals surface area contributed by atoms with E-state index in [0.29, 0.717) is 17.9 Å². The first-order valence-electron chi connectivity index (χ1n) is 6.33. The van der Waals surface area contributed by atoms with Crippen LogP contribution >= 0.6 is 0 Å². The first-order chi connectivity index (χ1) is 8.66. The van der Waals surface area contributed by atoms with Gasteiger partial charge in [-0.05, 0) is 29.5 Å². The molecule has 0 aliphatic heterocycles. The van der Waals surface area contributed by atoms with Gasteiger partial charge >= 0.3 is 0 Å². The number of aliphatic hydroxyl groups is 1. The van der Waals surface area contributed by atoms with E-state index in [1.807, 2.05) is 20.8 Å². The monoisotopic (exact) mass is 285 g/mol. The Morgan fingerprint density at radius 2 is 1.68 bits per heavy atom. The Morgan fingerprint density at radius 1 is 1.16 bits per heavy atom. The summed E-state index contributed by atoms with van der Waals surface area (Å²) in [5.74, 6) is 0. The van der Waals surface area contributed by atoms with Crippen molar-refractivity contribution in [1.82, 2.24) is 4.31 Å². The van der Waals surface area contributed by atoms with Crippen molar-refractivity contribution in [2.75, 3.05) is 20.2 Å². The smallest absolute Gasteiger partial charge is 0.242 e. The van der Waals surface area contributed by atoms with Gasteiger partial charge < -0.3 is 5.11 Å². The number of rotatable bonds is 5. The highest BCUT2D eigenvalue weighted by Crippen LogP contribution is 2.21. The van der Waals surface area contributed by atoms with Crippen LogP contribution in [-0.2, 0) is 16.4 Å². The normalized spacial score (nSPS) is 12.9. The molecule has 0 heterocycles. The molecule has 0 saturated heterocycles. The third-order valence-corrected chi connectivity index (χ3v) is 4.55. The molecule has 0 atom stereocenters. The zero-order chi connectivity index (χ0) is 14.7. The molecule has 1 aromatic carbocycles. The number of sulfonamides is 1. The summed E-state index contributed by atoms with van der Waals surface area (Å²) in [4.78, 5) is 0.293. The Kier molecular flexibility index (Phi) is 5.12. The number of hydrogen-bond donors (Lipinski definition) is 1. The summed E-state index contributed by atoms with van der Waals surface area (Å²) >= 11 is 0. The van der Waals surface area contributed by atoms with E-state index in [9.17, 15) is 8.42 Å². The minimum absolute atomic E-state index is 0.0655. The Balaban J connectivity index is 2.93. The molecule has 4 nitrogen and oxygen atoms in total. The molecule has 5 heteroatoms. The summed E-state index contributed by atoms with van der Waals surface area (Å²) < 4.78 is 26.1. The fraction of sp³-hybridized carbons (Fsp3) is 0.571. The molecule has 108 valence electrons. The quantitative estimate of drug-likeness (QED) is 0.899. The van der Waals surface area contributed by atoms with E-state index in [2.05, 4.69) is 0 Å². The second kappa shape index (κ2) is 6.03. The van der Waals surface area contributed by atoms with Crippen molar-refractivity contribution in [3.05, 3.63) is 29.8 Å². The first kappa shape index (κ1) is 16.1. The van der Waals surface area contributed by atoms with Crippen LogP contribution in [0.3, 0.4) is 0 Å². The molecule has 1 aromatic rings. The van der Waals surface area contributed by atoms with Crippen molar-refractivity contribution in [2.45, 2.75) is 32.1 Å². The van der Waals surface area contributed by atoms with Crippen LogP contribution in [0.2, 0.25) is 0 Å². The van der Waals surface area contributed by atoms with Gasteiger partial charge in [0.1, 0.15) is 0 Å². The van der Waals surface area contributed by atoms with Crippen molar-refractivity contribution >= 4 is 10.0 Å². The highest BCUT2D eigenvalue weighted by molar-refractivity contribution is 7.89. The van der Waals surface area contributed by atoms with Gasteiger partial charge in [0.2, 0.25) is 10.0 Å². The third kappa shape index (κ3) is 4.60. The third-order valence-electron chi connectivity index (χ3n) is 2.73. The Morgan fingerprint density at radius 3 is 2.11 bits per heavy atom. The largest absolute Gasteiger partial charge is 0.396 e. The summed E-state index contributed by atoms with van der Waals surface area (Å²) in [5.41, 5.74) is 0.846. The predicted molar refractivity (Wildman–Crippen MR) is 76.5 cm³/mol. The molecule has 0 bridgehead atoms. The summed E-state index contributed by atoms with van der Waals surface area (Å²) in [6.07, 6.45) is 0.540.